The van der Waals surface area contributed by atoms with Crippen molar-refractivity contribution >= 4 is 22.0 Å². The van der Waals surface area contributed by atoms with Gasteiger partial charge in [-0.05, 0) is 34.1 Å². The van der Waals surface area contributed by atoms with Gasteiger partial charge in [0.25, 0.3) is 0 Å². The number of ether oxygens (including phenoxy) is 3. The summed E-state index contributed by atoms with van der Waals surface area (Å²) in [6, 6.07) is 7.71. The summed E-state index contributed by atoms with van der Waals surface area (Å²) in [5.74, 6) is 0.806. The first-order valence-corrected chi connectivity index (χ1v) is 5.56. The van der Waals surface area contributed by atoms with E-state index in [0.29, 0.717) is 0 Å². The molecule has 0 aliphatic carbocycles. The van der Waals surface area contributed by atoms with Crippen molar-refractivity contribution in [1.29, 1.82) is 0 Å². The topological polar surface area (TPSA) is 27.7 Å². The molecule has 0 aromatic heterocycles. The van der Waals surface area contributed by atoms with E-state index in [1.807, 2.05) is 30.3 Å². The molecule has 0 saturated heterocycles. The Kier molecular flexibility index (Phi) is 4.99. The van der Waals surface area contributed by atoms with Crippen molar-refractivity contribution in [3.63, 3.8) is 0 Å². The zero-order valence-corrected chi connectivity index (χ0v) is 11.2. The second-order valence-electron chi connectivity index (χ2n) is 3.07. The Balaban J connectivity index is 2.91. The summed E-state index contributed by atoms with van der Waals surface area (Å²) < 4.78 is 14.6. The maximum absolute atomic E-state index is 5.23. The first kappa shape index (κ1) is 13.2. The molecule has 0 atom stereocenters. The van der Waals surface area contributed by atoms with E-state index in [0.717, 1.165) is 11.3 Å². The lowest BCUT2D eigenvalue weighted by Gasteiger charge is -2.19. The van der Waals surface area contributed by atoms with Crippen LogP contribution in [0, 0.1) is 0 Å². The summed E-state index contributed by atoms with van der Waals surface area (Å²) >= 11 is 3.32. The number of alkyl halides is 1. The summed E-state index contributed by atoms with van der Waals surface area (Å²) in [5, 5.41) is 0. The van der Waals surface area contributed by atoms with E-state index in [2.05, 4.69) is 15.9 Å². The SMILES string of the molecule is COc1ccccc1C=CC(Br)(OC)OC. The molecule has 16 heavy (non-hydrogen) atoms. The Hall–Kier alpha value is -0.840. The number of hydrogen-bond acceptors (Lipinski definition) is 3. The molecular formula is C12H15BrO3. The van der Waals surface area contributed by atoms with Crippen LogP contribution in [0.25, 0.3) is 6.08 Å². The molecule has 88 valence electrons. The second kappa shape index (κ2) is 6.03. The fraction of sp³-hybridized carbons (Fsp3) is 0.333. The van der Waals surface area contributed by atoms with E-state index in [9.17, 15) is 0 Å². The van der Waals surface area contributed by atoms with Crippen LogP contribution in [0.5, 0.6) is 5.75 Å². The molecule has 4 heteroatoms. The van der Waals surface area contributed by atoms with Crippen molar-refractivity contribution in [3.8, 4) is 5.75 Å². The summed E-state index contributed by atoms with van der Waals surface area (Å²) in [6.07, 6.45) is 3.64. The van der Waals surface area contributed by atoms with Crippen molar-refractivity contribution in [2.45, 2.75) is 4.70 Å². The van der Waals surface area contributed by atoms with E-state index in [1.54, 1.807) is 27.4 Å². The van der Waals surface area contributed by atoms with Crippen LogP contribution in [0.3, 0.4) is 0 Å². The molecule has 1 aromatic rings. The molecule has 3 nitrogen and oxygen atoms in total. The molecule has 0 heterocycles. The van der Waals surface area contributed by atoms with Crippen LogP contribution in [-0.4, -0.2) is 26.0 Å². The third kappa shape index (κ3) is 3.33. The van der Waals surface area contributed by atoms with Gasteiger partial charge in [0.2, 0.25) is 4.70 Å². The monoisotopic (exact) mass is 286 g/mol. The average molecular weight is 287 g/mol. The average Bonchev–Trinajstić information content (AvgIpc) is 2.36. The highest BCUT2D eigenvalue weighted by Gasteiger charge is 2.20. The third-order valence-electron chi connectivity index (χ3n) is 2.16. The van der Waals surface area contributed by atoms with Gasteiger partial charge in [0.15, 0.2) is 0 Å². The van der Waals surface area contributed by atoms with E-state index in [4.69, 9.17) is 14.2 Å². The molecule has 0 spiro atoms. The highest BCUT2D eigenvalue weighted by Crippen LogP contribution is 2.25. The van der Waals surface area contributed by atoms with Crippen molar-refractivity contribution in [1.82, 2.24) is 0 Å². The van der Waals surface area contributed by atoms with Gasteiger partial charge in [0.05, 0.1) is 7.11 Å². The normalized spacial score (nSPS) is 12.0. The maximum Gasteiger partial charge on any atom is 0.246 e. The highest BCUT2D eigenvalue weighted by atomic mass is 79.9. The number of rotatable bonds is 5. The number of halogens is 1. The van der Waals surface area contributed by atoms with Gasteiger partial charge in [-0.3, -0.25) is 0 Å². The van der Waals surface area contributed by atoms with E-state index in [1.165, 1.54) is 0 Å². The third-order valence-corrected chi connectivity index (χ3v) is 3.07. The number of benzene rings is 1. The zero-order valence-electron chi connectivity index (χ0n) is 9.57. The lowest BCUT2D eigenvalue weighted by atomic mass is 10.2. The molecule has 1 aromatic carbocycles. The minimum atomic E-state index is -0.895. The van der Waals surface area contributed by atoms with Crippen LogP contribution in [-0.2, 0) is 9.47 Å². The molecule has 0 fully saturated rings. The van der Waals surface area contributed by atoms with Gasteiger partial charge in [-0.2, -0.15) is 0 Å². The van der Waals surface area contributed by atoms with Gasteiger partial charge in [0.1, 0.15) is 5.75 Å². The first-order chi connectivity index (χ1) is 7.65. The van der Waals surface area contributed by atoms with Crippen LogP contribution >= 0.6 is 15.9 Å². The maximum atomic E-state index is 5.23. The van der Waals surface area contributed by atoms with E-state index >= 15 is 0 Å². The fourth-order valence-electron chi connectivity index (χ4n) is 1.21. The summed E-state index contributed by atoms with van der Waals surface area (Å²) in [4.78, 5) is 0. The molecule has 1 rings (SSSR count). The quantitative estimate of drug-likeness (QED) is 0.615. The van der Waals surface area contributed by atoms with Gasteiger partial charge in [-0.15, -0.1) is 0 Å². The van der Waals surface area contributed by atoms with Gasteiger partial charge >= 0.3 is 0 Å². The Bertz CT molecular complexity index is 359. The minimum absolute atomic E-state index is 0.806. The van der Waals surface area contributed by atoms with Gasteiger partial charge in [-0.1, -0.05) is 18.2 Å². The van der Waals surface area contributed by atoms with Crippen LogP contribution in [0.4, 0.5) is 0 Å². The minimum Gasteiger partial charge on any atom is -0.496 e. The molecule has 0 aliphatic rings. The Morgan fingerprint density at radius 3 is 2.31 bits per heavy atom. The highest BCUT2D eigenvalue weighted by molar-refractivity contribution is 9.10. The zero-order chi connectivity index (χ0) is 12.0. The number of para-hydroxylation sites is 1. The summed E-state index contributed by atoms with van der Waals surface area (Å²) in [5.41, 5.74) is 0.961. The van der Waals surface area contributed by atoms with Gasteiger partial charge in [0, 0.05) is 19.8 Å². The smallest absolute Gasteiger partial charge is 0.246 e. The Morgan fingerprint density at radius 2 is 1.75 bits per heavy atom. The van der Waals surface area contributed by atoms with Gasteiger partial charge < -0.3 is 14.2 Å². The van der Waals surface area contributed by atoms with Crippen molar-refractivity contribution in [2.75, 3.05) is 21.3 Å². The lowest BCUT2D eigenvalue weighted by Crippen LogP contribution is -2.22. The van der Waals surface area contributed by atoms with Crippen molar-refractivity contribution < 1.29 is 14.2 Å². The van der Waals surface area contributed by atoms with E-state index in [-0.39, 0.29) is 0 Å². The standard InChI is InChI=1S/C12H15BrO3/c1-14-11-7-5-4-6-10(11)8-9-12(13,15-2)16-3/h4-9H,1-3H3. The van der Waals surface area contributed by atoms with Crippen LogP contribution in [0.1, 0.15) is 5.56 Å². The molecule has 0 saturated carbocycles. The number of hydrogen-bond donors (Lipinski definition) is 0. The van der Waals surface area contributed by atoms with Crippen LogP contribution < -0.4 is 4.74 Å². The Labute approximate surface area is 104 Å². The summed E-state index contributed by atoms with van der Waals surface area (Å²) in [6.45, 7) is 0. The summed E-state index contributed by atoms with van der Waals surface area (Å²) in [7, 11) is 4.76. The first-order valence-electron chi connectivity index (χ1n) is 4.76. The van der Waals surface area contributed by atoms with Crippen LogP contribution in [0.2, 0.25) is 0 Å². The molecule has 0 N–H and O–H groups in total. The van der Waals surface area contributed by atoms with Gasteiger partial charge in [-0.25, -0.2) is 0 Å². The van der Waals surface area contributed by atoms with Crippen LogP contribution in [0.15, 0.2) is 30.3 Å². The van der Waals surface area contributed by atoms with E-state index < -0.39 is 4.70 Å². The predicted molar refractivity (Wildman–Crippen MR) is 67.7 cm³/mol. The Morgan fingerprint density at radius 1 is 1.12 bits per heavy atom. The molecule has 0 bridgehead atoms. The lowest BCUT2D eigenvalue weighted by molar-refractivity contribution is -0.0905. The molecular weight excluding hydrogens is 272 g/mol. The largest absolute Gasteiger partial charge is 0.496 e. The number of methoxy groups -OCH3 is 3. The van der Waals surface area contributed by atoms with Crippen molar-refractivity contribution in [3.05, 3.63) is 35.9 Å². The predicted octanol–water partition coefficient (Wildman–Crippen LogP) is 3.05. The van der Waals surface area contributed by atoms with Crippen molar-refractivity contribution in [2.24, 2.45) is 0 Å². The molecule has 0 aliphatic heterocycles. The second-order valence-corrected chi connectivity index (χ2v) is 4.17. The molecule has 0 unspecified atom stereocenters. The molecule has 0 amide bonds. The molecule has 0 radical (unpaired) electrons. The fourth-order valence-corrected chi connectivity index (χ4v) is 1.35.